The van der Waals surface area contributed by atoms with Gasteiger partial charge in [-0.2, -0.15) is 0 Å². The van der Waals surface area contributed by atoms with Gasteiger partial charge in [0.25, 0.3) is 0 Å². The van der Waals surface area contributed by atoms with Crippen LogP contribution in [0.25, 0.3) is 22.3 Å². The average molecular weight is 436 g/mol. The lowest BCUT2D eigenvalue weighted by atomic mass is 10.1. The number of fused-ring (bicyclic) bond motifs is 1. The van der Waals surface area contributed by atoms with Crippen LogP contribution in [0.15, 0.2) is 59.9 Å². The Morgan fingerprint density at radius 2 is 1.90 bits per heavy atom. The summed E-state index contributed by atoms with van der Waals surface area (Å²) in [4.78, 5) is 27.1. The van der Waals surface area contributed by atoms with Gasteiger partial charge in [0.2, 0.25) is 5.91 Å². The van der Waals surface area contributed by atoms with Gasteiger partial charge in [-0.25, -0.2) is 4.79 Å². The molecule has 0 unspecified atom stereocenters. The molecule has 0 radical (unpaired) electrons. The number of esters is 1. The molecule has 4 rings (SSSR count). The van der Waals surface area contributed by atoms with Gasteiger partial charge >= 0.3 is 5.97 Å². The van der Waals surface area contributed by atoms with E-state index in [0.717, 1.165) is 22.3 Å². The predicted octanol–water partition coefficient (Wildman–Crippen LogP) is 3.96. The third-order valence-corrected chi connectivity index (χ3v) is 5.75. The van der Waals surface area contributed by atoms with Gasteiger partial charge in [0.1, 0.15) is 0 Å². The van der Waals surface area contributed by atoms with E-state index in [1.54, 1.807) is 24.3 Å². The summed E-state index contributed by atoms with van der Waals surface area (Å²) < 4.78 is 6.67. The number of thioether (sulfide) groups is 1. The van der Waals surface area contributed by atoms with Crippen LogP contribution in [0.3, 0.4) is 0 Å². The van der Waals surface area contributed by atoms with Crippen LogP contribution in [0.2, 0.25) is 0 Å². The van der Waals surface area contributed by atoms with E-state index in [-0.39, 0.29) is 11.7 Å². The molecule has 8 nitrogen and oxygen atoms in total. The van der Waals surface area contributed by atoms with Crippen LogP contribution in [0.5, 0.6) is 0 Å². The molecular weight excluding hydrogens is 414 g/mol. The number of amides is 1. The molecule has 4 aromatic rings. The van der Waals surface area contributed by atoms with Crippen LogP contribution in [-0.2, 0) is 16.1 Å². The van der Waals surface area contributed by atoms with Gasteiger partial charge in [0, 0.05) is 34.9 Å². The first kappa shape index (κ1) is 20.7. The van der Waals surface area contributed by atoms with Crippen molar-refractivity contribution in [3.63, 3.8) is 0 Å². The first-order chi connectivity index (χ1) is 15.1. The van der Waals surface area contributed by atoms with Crippen molar-refractivity contribution in [1.82, 2.24) is 19.7 Å². The molecular formula is C22H21N5O3S. The molecule has 0 saturated carbocycles. The molecule has 0 saturated heterocycles. The maximum atomic E-state index is 12.4. The second-order valence-electron chi connectivity index (χ2n) is 6.70. The van der Waals surface area contributed by atoms with Crippen molar-refractivity contribution in [3.05, 3.63) is 60.3 Å². The SMILES string of the molecule is CCn1c(SCC(=O)Nc2ccc(C(=O)OC)cc2)nnc1-c1c[nH]c2ccccc12. The van der Waals surface area contributed by atoms with Gasteiger partial charge in [-0.05, 0) is 37.3 Å². The monoisotopic (exact) mass is 435 g/mol. The Hall–Kier alpha value is -3.59. The molecule has 0 spiro atoms. The molecule has 0 aliphatic heterocycles. The van der Waals surface area contributed by atoms with Crippen LogP contribution in [0, 0.1) is 0 Å². The fraction of sp³-hybridized carbons (Fsp3) is 0.182. The van der Waals surface area contributed by atoms with Crippen molar-refractivity contribution in [1.29, 1.82) is 0 Å². The summed E-state index contributed by atoms with van der Waals surface area (Å²) >= 11 is 1.33. The minimum absolute atomic E-state index is 0.171. The molecule has 2 aromatic carbocycles. The topological polar surface area (TPSA) is 102 Å². The number of hydrogen-bond acceptors (Lipinski definition) is 6. The Balaban J connectivity index is 1.44. The number of benzene rings is 2. The number of methoxy groups -OCH3 is 1. The van der Waals surface area contributed by atoms with E-state index in [4.69, 9.17) is 0 Å². The van der Waals surface area contributed by atoms with Crippen LogP contribution in [-0.4, -0.2) is 44.5 Å². The number of aromatic amines is 1. The highest BCUT2D eigenvalue weighted by Crippen LogP contribution is 2.30. The van der Waals surface area contributed by atoms with Gasteiger partial charge in [0.15, 0.2) is 11.0 Å². The summed E-state index contributed by atoms with van der Waals surface area (Å²) in [7, 11) is 1.33. The Labute approximate surface area is 183 Å². The third kappa shape index (κ3) is 4.31. The lowest BCUT2D eigenvalue weighted by Gasteiger charge is -2.08. The number of rotatable bonds is 7. The van der Waals surface area contributed by atoms with Crippen LogP contribution >= 0.6 is 11.8 Å². The van der Waals surface area contributed by atoms with Gasteiger partial charge in [0.05, 0.1) is 18.4 Å². The summed E-state index contributed by atoms with van der Waals surface area (Å²) in [5, 5.41) is 13.2. The van der Waals surface area contributed by atoms with E-state index in [1.807, 2.05) is 42.0 Å². The normalized spacial score (nSPS) is 10.9. The van der Waals surface area contributed by atoms with E-state index < -0.39 is 5.97 Å². The van der Waals surface area contributed by atoms with Gasteiger partial charge < -0.3 is 19.6 Å². The Morgan fingerprint density at radius 1 is 1.13 bits per heavy atom. The molecule has 0 fully saturated rings. The van der Waals surface area contributed by atoms with Gasteiger partial charge in [-0.1, -0.05) is 30.0 Å². The zero-order valence-corrected chi connectivity index (χ0v) is 17.9. The smallest absolute Gasteiger partial charge is 0.337 e. The highest BCUT2D eigenvalue weighted by Gasteiger charge is 2.17. The molecule has 2 N–H and O–H groups in total. The number of carbonyl (C=O) groups excluding carboxylic acids is 2. The number of carbonyl (C=O) groups is 2. The molecule has 9 heteroatoms. The summed E-state index contributed by atoms with van der Waals surface area (Å²) in [6.45, 7) is 2.70. The first-order valence-corrected chi connectivity index (χ1v) is 10.7. The molecule has 0 aliphatic rings. The van der Waals surface area contributed by atoms with E-state index in [9.17, 15) is 9.59 Å². The second-order valence-corrected chi connectivity index (χ2v) is 7.65. The zero-order valence-electron chi connectivity index (χ0n) is 17.1. The van der Waals surface area contributed by atoms with E-state index in [2.05, 4.69) is 25.2 Å². The number of nitrogens with one attached hydrogen (secondary N) is 2. The molecule has 1 amide bonds. The van der Waals surface area contributed by atoms with Crippen molar-refractivity contribution in [3.8, 4) is 11.4 Å². The summed E-state index contributed by atoms with van der Waals surface area (Å²) in [5.74, 6) is 0.361. The lowest BCUT2D eigenvalue weighted by molar-refractivity contribution is -0.113. The Kier molecular flexibility index (Phi) is 6.03. The molecule has 158 valence electrons. The molecule has 0 bridgehead atoms. The van der Waals surface area contributed by atoms with Crippen molar-refractivity contribution in [2.75, 3.05) is 18.2 Å². The quantitative estimate of drug-likeness (QED) is 0.336. The third-order valence-electron chi connectivity index (χ3n) is 4.79. The summed E-state index contributed by atoms with van der Waals surface area (Å²) in [6.07, 6.45) is 1.93. The highest BCUT2D eigenvalue weighted by atomic mass is 32.2. The number of nitrogens with zero attached hydrogens (tertiary/aromatic N) is 3. The minimum atomic E-state index is -0.418. The molecule has 31 heavy (non-hydrogen) atoms. The first-order valence-electron chi connectivity index (χ1n) is 9.71. The molecule has 0 aliphatic carbocycles. The fourth-order valence-corrected chi connectivity index (χ4v) is 4.07. The second kappa shape index (κ2) is 9.05. The van der Waals surface area contributed by atoms with Gasteiger partial charge in [-0.15, -0.1) is 10.2 Å². The lowest BCUT2D eigenvalue weighted by Crippen LogP contribution is -2.14. The number of anilines is 1. The van der Waals surface area contributed by atoms with Crippen molar-refractivity contribution in [2.45, 2.75) is 18.6 Å². The van der Waals surface area contributed by atoms with Crippen molar-refractivity contribution in [2.24, 2.45) is 0 Å². The van der Waals surface area contributed by atoms with E-state index in [0.29, 0.717) is 23.0 Å². The van der Waals surface area contributed by atoms with Crippen LogP contribution in [0.4, 0.5) is 5.69 Å². The Morgan fingerprint density at radius 3 is 2.65 bits per heavy atom. The standard InChI is InChI=1S/C22H21N5O3S/c1-3-27-20(17-12-23-18-7-5-4-6-16(17)18)25-26-22(27)31-13-19(28)24-15-10-8-14(9-11-15)21(29)30-2/h4-12,23H,3,13H2,1-2H3,(H,24,28). The Bertz CT molecular complexity index is 1230. The van der Waals surface area contributed by atoms with Crippen molar-refractivity contribution < 1.29 is 14.3 Å². The van der Waals surface area contributed by atoms with E-state index >= 15 is 0 Å². The molecule has 0 atom stereocenters. The number of H-pyrrole nitrogens is 1. The fourth-order valence-electron chi connectivity index (χ4n) is 3.27. The zero-order chi connectivity index (χ0) is 21.8. The van der Waals surface area contributed by atoms with Crippen molar-refractivity contribution >= 4 is 40.2 Å². The molecule has 2 aromatic heterocycles. The number of hydrogen-bond donors (Lipinski definition) is 2. The predicted molar refractivity (Wildman–Crippen MR) is 120 cm³/mol. The average Bonchev–Trinajstić information content (AvgIpc) is 3.41. The molecule has 2 heterocycles. The van der Waals surface area contributed by atoms with Crippen LogP contribution in [0.1, 0.15) is 17.3 Å². The maximum absolute atomic E-state index is 12.4. The minimum Gasteiger partial charge on any atom is -0.465 e. The summed E-state index contributed by atoms with van der Waals surface area (Å²) in [6, 6.07) is 14.6. The number of ether oxygens (including phenoxy) is 1. The summed E-state index contributed by atoms with van der Waals surface area (Å²) in [5.41, 5.74) is 3.05. The number of aromatic nitrogens is 4. The van der Waals surface area contributed by atoms with E-state index in [1.165, 1.54) is 18.9 Å². The van der Waals surface area contributed by atoms with Crippen LogP contribution < -0.4 is 5.32 Å². The highest BCUT2D eigenvalue weighted by molar-refractivity contribution is 7.99. The van der Waals surface area contributed by atoms with Gasteiger partial charge in [-0.3, -0.25) is 4.79 Å². The number of para-hydroxylation sites is 1. The largest absolute Gasteiger partial charge is 0.465 e. The maximum Gasteiger partial charge on any atom is 0.337 e.